The predicted octanol–water partition coefficient (Wildman–Crippen LogP) is 3.69. The Labute approximate surface area is 292 Å². The minimum absolute atomic E-state index is 0.0121. The molecule has 50 heavy (non-hydrogen) atoms. The van der Waals surface area contributed by atoms with Crippen LogP contribution in [0, 0.1) is 11.8 Å². The quantitative estimate of drug-likeness (QED) is 0.246. The van der Waals surface area contributed by atoms with Gasteiger partial charge >= 0.3 is 0 Å². The lowest BCUT2D eigenvalue weighted by molar-refractivity contribution is -0.140. The van der Waals surface area contributed by atoms with Crippen LogP contribution in [-0.2, 0) is 29.1 Å². The monoisotopic (exact) mass is 717 g/mol. The number of carbonyl (C=O) groups is 3. The number of aliphatic imine (C=N–C) groups is 1. The first-order chi connectivity index (χ1) is 23.4. The molecule has 3 amide bonds. The first kappa shape index (κ1) is 37.3. The SMILES string of the molecule is COc1cnc(OC2CC(C(=O)NC3(C(=O)NS(=O)(=O)C4(CF)CC4)CC3C(C)C)N(C(=O)C(C)N=C(C)OC(C)(C)C)C2)c2ccccc12. The van der Waals surface area contributed by atoms with Crippen LogP contribution in [0.15, 0.2) is 35.5 Å². The lowest BCUT2D eigenvalue weighted by atomic mass is 10.0. The number of amides is 3. The van der Waals surface area contributed by atoms with Gasteiger partial charge < -0.3 is 24.4 Å². The van der Waals surface area contributed by atoms with Gasteiger partial charge in [0.1, 0.15) is 46.5 Å². The van der Waals surface area contributed by atoms with Crippen molar-refractivity contribution in [3.63, 3.8) is 0 Å². The fourth-order valence-corrected chi connectivity index (χ4v) is 8.19. The van der Waals surface area contributed by atoms with Gasteiger partial charge in [-0.15, -0.1) is 0 Å². The molecular weight excluding hydrogens is 669 g/mol. The number of pyridine rings is 1. The first-order valence-electron chi connectivity index (χ1n) is 16.9. The number of rotatable bonds is 12. The molecule has 0 bridgehead atoms. The van der Waals surface area contributed by atoms with Crippen molar-refractivity contribution >= 4 is 44.4 Å². The van der Waals surface area contributed by atoms with E-state index in [1.165, 1.54) is 4.90 Å². The van der Waals surface area contributed by atoms with Crippen LogP contribution in [0.1, 0.15) is 74.1 Å². The topological polar surface area (TPSA) is 166 Å². The highest BCUT2D eigenvalue weighted by molar-refractivity contribution is 7.91. The van der Waals surface area contributed by atoms with Crippen molar-refractivity contribution in [2.24, 2.45) is 16.8 Å². The number of carbonyl (C=O) groups excluding carboxylic acids is 3. The van der Waals surface area contributed by atoms with E-state index < -0.39 is 68.5 Å². The maximum atomic E-state index is 14.2. The van der Waals surface area contributed by atoms with Gasteiger partial charge in [0.2, 0.25) is 27.7 Å². The molecule has 5 rings (SSSR count). The van der Waals surface area contributed by atoms with Crippen LogP contribution < -0.4 is 19.5 Å². The molecule has 3 fully saturated rings. The van der Waals surface area contributed by atoms with Crippen LogP contribution in [0.4, 0.5) is 4.39 Å². The number of alkyl halides is 1. The average molecular weight is 718 g/mol. The molecule has 13 nitrogen and oxygen atoms in total. The normalized spacial score (nSPS) is 25.2. The van der Waals surface area contributed by atoms with E-state index in [1.807, 2.05) is 58.9 Å². The molecule has 274 valence electrons. The highest BCUT2D eigenvalue weighted by Gasteiger charge is 2.65. The zero-order chi connectivity index (χ0) is 36.8. The van der Waals surface area contributed by atoms with Crippen molar-refractivity contribution in [2.45, 2.75) is 108 Å². The van der Waals surface area contributed by atoms with Crippen molar-refractivity contribution in [2.75, 3.05) is 20.3 Å². The van der Waals surface area contributed by atoms with Gasteiger partial charge in [-0.05, 0) is 64.9 Å². The van der Waals surface area contributed by atoms with Crippen molar-refractivity contribution in [1.29, 1.82) is 0 Å². The van der Waals surface area contributed by atoms with Crippen LogP contribution in [-0.4, -0.2) is 96.3 Å². The molecule has 0 radical (unpaired) electrons. The van der Waals surface area contributed by atoms with Gasteiger partial charge in [0.25, 0.3) is 5.91 Å². The van der Waals surface area contributed by atoms with E-state index in [-0.39, 0.29) is 44.1 Å². The molecule has 1 saturated heterocycles. The maximum Gasteiger partial charge on any atom is 0.259 e. The summed E-state index contributed by atoms with van der Waals surface area (Å²) in [7, 11) is -2.78. The molecule has 1 aromatic carbocycles. The minimum atomic E-state index is -4.32. The number of nitrogens with zero attached hydrogens (tertiary/aromatic N) is 3. The van der Waals surface area contributed by atoms with Crippen molar-refractivity contribution in [3.05, 3.63) is 30.5 Å². The third-order valence-electron chi connectivity index (χ3n) is 9.67. The maximum absolute atomic E-state index is 14.2. The second-order valence-corrected chi connectivity index (χ2v) is 17.0. The molecule has 15 heteroatoms. The molecule has 1 aliphatic heterocycles. The summed E-state index contributed by atoms with van der Waals surface area (Å²) in [4.78, 5) is 52.1. The number of ether oxygens (including phenoxy) is 3. The van der Waals surface area contributed by atoms with Gasteiger partial charge in [-0.2, -0.15) is 0 Å². The minimum Gasteiger partial charge on any atom is -0.494 e. The van der Waals surface area contributed by atoms with E-state index >= 15 is 0 Å². The Morgan fingerprint density at radius 2 is 1.80 bits per heavy atom. The van der Waals surface area contributed by atoms with Gasteiger partial charge in [0.15, 0.2) is 5.90 Å². The molecule has 2 saturated carbocycles. The lowest BCUT2D eigenvalue weighted by Crippen LogP contribution is -2.58. The number of likely N-dealkylation sites (tertiary alicyclic amines) is 1. The largest absolute Gasteiger partial charge is 0.494 e. The van der Waals surface area contributed by atoms with Crippen LogP contribution in [0.25, 0.3) is 10.8 Å². The fourth-order valence-electron chi connectivity index (χ4n) is 6.76. The Morgan fingerprint density at radius 1 is 1.14 bits per heavy atom. The van der Waals surface area contributed by atoms with Gasteiger partial charge in [-0.3, -0.25) is 19.1 Å². The molecule has 2 aromatic rings. The molecule has 1 aromatic heterocycles. The highest BCUT2D eigenvalue weighted by atomic mass is 32.2. The zero-order valence-electron chi connectivity index (χ0n) is 29.9. The summed E-state index contributed by atoms with van der Waals surface area (Å²) in [6, 6.07) is 5.39. The highest BCUT2D eigenvalue weighted by Crippen LogP contribution is 2.50. The summed E-state index contributed by atoms with van der Waals surface area (Å²) in [5.74, 6) is -1.32. The van der Waals surface area contributed by atoms with E-state index in [2.05, 4.69) is 20.0 Å². The Hall–Kier alpha value is -4.01. The number of nitrogens with one attached hydrogen (secondary N) is 2. The number of sulfonamides is 1. The van der Waals surface area contributed by atoms with E-state index in [4.69, 9.17) is 14.2 Å². The Bertz CT molecular complexity index is 1790. The van der Waals surface area contributed by atoms with Gasteiger partial charge in [0.05, 0.1) is 19.9 Å². The Morgan fingerprint density at radius 3 is 2.36 bits per heavy atom. The molecule has 2 aliphatic carbocycles. The van der Waals surface area contributed by atoms with Gasteiger partial charge in [-0.1, -0.05) is 32.0 Å². The van der Waals surface area contributed by atoms with E-state index in [0.717, 1.165) is 5.39 Å². The molecule has 5 unspecified atom stereocenters. The number of halogens is 1. The average Bonchev–Trinajstić information content (AvgIpc) is 3.95. The first-order valence-corrected chi connectivity index (χ1v) is 18.4. The van der Waals surface area contributed by atoms with Gasteiger partial charge in [-0.25, -0.2) is 22.8 Å². The summed E-state index contributed by atoms with van der Waals surface area (Å²) in [5.41, 5.74) is -2.09. The zero-order valence-corrected chi connectivity index (χ0v) is 30.7. The van der Waals surface area contributed by atoms with E-state index in [0.29, 0.717) is 22.9 Å². The van der Waals surface area contributed by atoms with Crippen molar-refractivity contribution < 1.29 is 41.4 Å². The van der Waals surface area contributed by atoms with E-state index in [1.54, 1.807) is 27.2 Å². The number of fused-ring (bicyclic) bond motifs is 1. The van der Waals surface area contributed by atoms with Gasteiger partial charge in [0, 0.05) is 24.1 Å². The number of hydrogen-bond acceptors (Lipinski definition) is 10. The molecule has 3 aliphatic rings. The molecule has 0 spiro atoms. The Kier molecular flexibility index (Phi) is 10.1. The fraction of sp³-hybridized carbons (Fsp3) is 0.629. The second-order valence-electron chi connectivity index (χ2n) is 15.0. The Balaban J connectivity index is 1.43. The summed E-state index contributed by atoms with van der Waals surface area (Å²) in [6.07, 6.45) is 1.33. The third kappa shape index (κ3) is 7.38. The summed E-state index contributed by atoms with van der Waals surface area (Å²) >= 11 is 0. The number of aromatic nitrogens is 1. The van der Waals surface area contributed by atoms with Crippen LogP contribution in [0.2, 0.25) is 0 Å². The van der Waals surface area contributed by atoms with Crippen molar-refractivity contribution in [3.8, 4) is 11.6 Å². The van der Waals surface area contributed by atoms with Crippen LogP contribution >= 0.6 is 0 Å². The van der Waals surface area contributed by atoms with Crippen LogP contribution in [0.5, 0.6) is 11.6 Å². The molecular formula is C35H48FN5O8S. The smallest absolute Gasteiger partial charge is 0.259 e. The lowest BCUT2D eigenvalue weighted by Gasteiger charge is -2.28. The number of benzene rings is 1. The van der Waals surface area contributed by atoms with Crippen molar-refractivity contribution in [1.82, 2.24) is 19.9 Å². The molecule has 5 atom stereocenters. The summed E-state index contributed by atoms with van der Waals surface area (Å²) in [5, 5.41) is 4.28. The molecule has 2 N–H and O–H groups in total. The standard InChI is InChI=1S/C35H48FN5O8S/c1-20(2)26-16-35(26,32(44)40-50(45,46)34(19-36)13-14-34)39-29(42)27-15-23(18-41(27)31(43)21(3)38-22(4)49-33(5,6)7)48-30-25-12-10-9-11-24(25)28(47-8)17-37-30/h9-12,17,20-21,23,26-27H,13-16,18-19H2,1-8H3,(H,39,42)(H,40,44). The second kappa shape index (κ2) is 13.6. The number of hydrogen-bond donors (Lipinski definition) is 2. The third-order valence-corrected chi connectivity index (χ3v) is 11.8. The van der Waals surface area contributed by atoms with Crippen LogP contribution in [0.3, 0.4) is 0 Å². The predicted molar refractivity (Wildman–Crippen MR) is 185 cm³/mol. The summed E-state index contributed by atoms with van der Waals surface area (Å²) < 4.78 is 57.8. The van der Waals surface area contributed by atoms with E-state index in [9.17, 15) is 27.2 Å². The molecule has 2 heterocycles. The number of methoxy groups -OCH3 is 1. The summed E-state index contributed by atoms with van der Waals surface area (Å²) in [6.45, 7) is 11.5.